The van der Waals surface area contributed by atoms with Gasteiger partial charge in [-0.2, -0.15) is 0 Å². The van der Waals surface area contributed by atoms with Crippen molar-refractivity contribution >= 4 is 11.6 Å². The fraction of sp³-hybridized carbons (Fsp3) is 0.211. The van der Waals surface area contributed by atoms with Gasteiger partial charge in [-0.1, -0.05) is 30.3 Å². The van der Waals surface area contributed by atoms with E-state index >= 15 is 0 Å². The van der Waals surface area contributed by atoms with Crippen molar-refractivity contribution in [3.05, 3.63) is 59.7 Å². The monoisotopic (exact) mass is 291 g/mol. The summed E-state index contributed by atoms with van der Waals surface area (Å²) in [5.41, 5.74) is 3.05. The lowest BCUT2D eigenvalue weighted by Crippen LogP contribution is -2.28. The smallest absolute Gasteiger partial charge is 0.235 e. The zero-order valence-corrected chi connectivity index (χ0v) is 12.5. The average Bonchev–Trinajstić information content (AvgIpc) is 2.82. The first-order chi connectivity index (χ1) is 10.7. The summed E-state index contributed by atoms with van der Waals surface area (Å²) >= 11 is 0. The third kappa shape index (κ3) is 2.44. The SMILES string of the molecule is C#CCC1C(=O)N(Cc2ccc(OC)cc2)c2ccccc21. The van der Waals surface area contributed by atoms with Gasteiger partial charge in [0.15, 0.2) is 0 Å². The standard InChI is InChI=1S/C19H17NO2/c1-3-6-17-16-7-4-5-8-18(16)20(19(17)21)13-14-9-11-15(22-2)12-10-14/h1,4-5,7-12,17H,6,13H2,2H3. The van der Waals surface area contributed by atoms with Crippen LogP contribution in [-0.4, -0.2) is 13.0 Å². The average molecular weight is 291 g/mol. The van der Waals surface area contributed by atoms with Gasteiger partial charge in [-0.15, -0.1) is 12.3 Å². The molecule has 2 aromatic rings. The van der Waals surface area contributed by atoms with Crippen molar-refractivity contribution < 1.29 is 9.53 Å². The van der Waals surface area contributed by atoms with E-state index in [9.17, 15) is 4.79 Å². The molecule has 0 N–H and O–H groups in total. The Balaban J connectivity index is 1.90. The largest absolute Gasteiger partial charge is 0.497 e. The van der Waals surface area contributed by atoms with Crippen LogP contribution in [0.2, 0.25) is 0 Å². The highest BCUT2D eigenvalue weighted by Gasteiger charge is 2.36. The van der Waals surface area contributed by atoms with Crippen molar-refractivity contribution in [1.82, 2.24) is 0 Å². The Morgan fingerprint density at radius 2 is 1.91 bits per heavy atom. The minimum Gasteiger partial charge on any atom is -0.497 e. The highest BCUT2D eigenvalue weighted by atomic mass is 16.5. The molecule has 0 saturated heterocycles. The van der Waals surface area contributed by atoms with Gasteiger partial charge in [-0.3, -0.25) is 4.79 Å². The number of amides is 1. The molecule has 22 heavy (non-hydrogen) atoms. The van der Waals surface area contributed by atoms with Crippen molar-refractivity contribution in [3.8, 4) is 18.1 Å². The number of para-hydroxylation sites is 1. The summed E-state index contributed by atoms with van der Waals surface area (Å²) in [7, 11) is 1.64. The molecular weight excluding hydrogens is 274 g/mol. The van der Waals surface area contributed by atoms with Gasteiger partial charge in [0.25, 0.3) is 0 Å². The molecule has 0 aromatic heterocycles. The number of ether oxygens (including phenoxy) is 1. The quantitative estimate of drug-likeness (QED) is 0.809. The van der Waals surface area contributed by atoms with Gasteiger partial charge in [-0.05, 0) is 29.3 Å². The maximum atomic E-state index is 12.7. The number of hydrogen-bond acceptors (Lipinski definition) is 2. The van der Waals surface area contributed by atoms with Crippen LogP contribution in [0.5, 0.6) is 5.75 Å². The summed E-state index contributed by atoms with van der Waals surface area (Å²) in [4.78, 5) is 14.5. The number of carbonyl (C=O) groups is 1. The second-order valence-electron chi connectivity index (χ2n) is 5.29. The summed E-state index contributed by atoms with van der Waals surface area (Å²) in [5, 5.41) is 0. The van der Waals surface area contributed by atoms with Gasteiger partial charge in [0.05, 0.1) is 19.6 Å². The Bertz CT molecular complexity index is 728. The van der Waals surface area contributed by atoms with E-state index in [1.165, 1.54) is 0 Å². The molecule has 1 atom stereocenters. The minimum atomic E-state index is -0.223. The lowest BCUT2D eigenvalue weighted by Gasteiger charge is -2.18. The van der Waals surface area contributed by atoms with Gasteiger partial charge in [0, 0.05) is 12.1 Å². The Hall–Kier alpha value is -2.73. The zero-order valence-electron chi connectivity index (χ0n) is 12.5. The van der Waals surface area contributed by atoms with Crippen molar-refractivity contribution in [2.24, 2.45) is 0 Å². The Labute approximate surface area is 130 Å². The van der Waals surface area contributed by atoms with Crippen LogP contribution in [0, 0.1) is 12.3 Å². The molecule has 3 nitrogen and oxygen atoms in total. The van der Waals surface area contributed by atoms with E-state index < -0.39 is 0 Å². The van der Waals surface area contributed by atoms with Crippen LogP contribution in [0.3, 0.4) is 0 Å². The molecule has 2 aromatic carbocycles. The Kier molecular flexibility index (Phi) is 3.84. The number of anilines is 1. The molecule has 1 aliphatic heterocycles. The maximum Gasteiger partial charge on any atom is 0.235 e. The Morgan fingerprint density at radius 1 is 1.18 bits per heavy atom. The predicted molar refractivity (Wildman–Crippen MR) is 86.8 cm³/mol. The van der Waals surface area contributed by atoms with Gasteiger partial charge in [0.1, 0.15) is 5.75 Å². The number of benzene rings is 2. The van der Waals surface area contributed by atoms with Crippen molar-refractivity contribution in [1.29, 1.82) is 0 Å². The van der Waals surface area contributed by atoms with Crippen LogP contribution >= 0.6 is 0 Å². The molecule has 110 valence electrons. The fourth-order valence-electron chi connectivity index (χ4n) is 2.86. The van der Waals surface area contributed by atoms with Crippen LogP contribution in [0.4, 0.5) is 5.69 Å². The fourth-order valence-corrected chi connectivity index (χ4v) is 2.86. The van der Waals surface area contributed by atoms with Crippen molar-refractivity contribution in [2.75, 3.05) is 12.0 Å². The lowest BCUT2D eigenvalue weighted by atomic mass is 9.98. The summed E-state index contributed by atoms with van der Waals surface area (Å²) in [6.07, 6.45) is 5.86. The number of methoxy groups -OCH3 is 1. The highest BCUT2D eigenvalue weighted by Crippen LogP contribution is 2.39. The molecule has 3 heteroatoms. The lowest BCUT2D eigenvalue weighted by molar-refractivity contribution is -0.119. The van der Waals surface area contributed by atoms with Gasteiger partial charge >= 0.3 is 0 Å². The van der Waals surface area contributed by atoms with Crippen LogP contribution < -0.4 is 9.64 Å². The van der Waals surface area contributed by atoms with E-state index in [2.05, 4.69) is 5.92 Å². The summed E-state index contributed by atoms with van der Waals surface area (Å²) in [6, 6.07) is 15.6. The molecule has 0 spiro atoms. The molecule has 0 bridgehead atoms. The number of hydrogen-bond donors (Lipinski definition) is 0. The van der Waals surface area contributed by atoms with Gasteiger partial charge < -0.3 is 9.64 Å². The normalized spacial score (nSPS) is 16.3. The number of fused-ring (bicyclic) bond motifs is 1. The molecule has 0 saturated carbocycles. The second kappa shape index (κ2) is 5.95. The number of rotatable bonds is 4. The minimum absolute atomic E-state index is 0.0787. The third-order valence-electron chi connectivity index (χ3n) is 3.99. The second-order valence-corrected chi connectivity index (χ2v) is 5.29. The number of carbonyl (C=O) groups excluding carboxylic acids is 1. The third-order valence-corrected chi connectivity index (χ3v) is 3.99. The number of terminal acetylenes is 1. The van der Waals surface area contributed by atoms with Crippen molar-refractivity contribution in [2.45, 2.75) is 18.9 Å². The molecule has 1 unspecified atom stereocenters. The van der Waals surface area contributed by atoms with E-state index in [1.807, 2.05) is 53.4 Å². The first-order valence-corrected chi connectivity index (χ1v) is 7.21. The molecule has 0 radical (unpaired) electrons. The van der Waals surface area contributed by atoms with Gasteiger partial charge in [0.2, 0.25) is 5.91 Å². The molecule has 1 amide bonds. The molecular formula is C19H17NO2. The van der Waals surface area contributed by atoms with Crippen LogP contribution in [0.1, 0.15) is 23.5 Å². The summed E-state index contributed by atoms with van der Waals surface area (Å²) < 4.78 is 5.16. The van der Waals surface area contributed by atoms with E-state index in [0.29, 0.717) is 13.0 Å². The van der Waals surface area contributed by atoms with E-state index in [-0.39, 0.29) is 11.8 Å². The van der Waals surface area contributed by atoms with Crippen LogP contribution in [0.25, 0.3) is 0 Å². The van der Waals surface area contributed by atoms with Crippen LogP contribution in [-0.2, 0) is 11.3 Å². The van der Waals surface area contributed by atoms with Gasteiger partial charge in [-0.25, -0.2) is 0 Å². The van der Waals surface area contributed by atoms with E-state index in [0.717, 1.165) is 22.6 Å². The molecule has 1 heterocycles. The molecule has 0 aliphatic carbocycles. The first kappa shape index (κ1) is 14.2. The zero-order chi connectivity index (χ0) is 15.5. The molecule has 0 fully saturated rings. The molecule has 1 aliphatic rings. The van der Waals surface area contributed by atoms with Crippen LogP contribution in [0.15, 0.2) is 48.5 Å². The first-order valence-electron chi connectivity index (χ1n) is 7.21. The Morgan fingerprint density at radius 3 is 2.59 bits per heavy atom. The van der Waals surface area contributed by atoms with Crippen molar-refractivity contribution in [3.63, 3.8) is 0 Å². The van der Waals surface area contributed by atoms with E-state index in [1.54, 1.807) is 7.11 Å². The maximum absolute atomic E-state index is 12.7. The predicted octanol–water partition coefficient (Wildman–Crippen LogP) is 3.35. The topological polar surface area (TPSA) is 29.5 Å². The number of nitrogens with zero attached hydrogens (tertiary/aromatic N) is 1. The summed E-state index contributed by atoms with van der Waals surface area (Å²) in [6.45, 7) is 0.543. The molecule has 3 rings (SSSR count). The highest BCUT2D eigenvalue weighted by molar-refractivity contribution is 6.05. The van der Waals surface area contributed by atoms with E-state index in [4.69, 9.17) is 11.2 Å². The summed E-state index contributed by atoms with van der Waals surface area (Å²) in [5.74, 6) is 3.28.